The highest BCUT2D eigenvalue weighted by atomic mass is 32.1. The van der Waals surface area contributed by atoms with E-state index in [1.807, 2.05) is 6.92 Å². The number of carbonyl (C=O) groups excluding carboxylic acids is 1. The van der Waals surface area contributed by atoms with Gasteiger partial charge in [-0.1, -0.05) is 56.4 Å². The molecule has 0 unspecified atom stereocenters. The van der Waals surface area contributed by atoms with E-state index in [9.17, 15) is 4.79 Å². The van der Waals surface area contributed by atoms with Crippen molar-refractivity contribution in [3.63, 3.8) is 0 Å². The second-order valence-corrected chi connectivity index (χ2v) is 6.94. The van der Waals surface area contributed by atoms with Crippen molar-refractivity contribution in [1.82, 2.24) is 4.98 Å². The van der Waals surface area contributed by atoms with Gasteiger partial charge in [-0.25, -0.2) is 4.98 Å². The maximum absolute atomic E-state index is 11.1. The van der Waals surface area contributed by atoms with Gasteiger partial charge in [-0.3, -0.25) is 4.79 Å². The number of nitrogens with zero attached hydrogens (tertiary/aromatic N) is 1. The average molecular weight is 288 g/mol. The second-order valence-electron chi connectivity index (χ2n) is 5.94. The minimum atomic E-state index is -0.0895. The fourth-order valence-electron chi connectivity index (χ4n) is 1.99. The Kier molecular flexibility index (Phi) is 3.95. The molecule has 0 aliphatic rings. The van der Waals surface area contributed by atoms with Gasteiger partial charge >= 0.3 is 0 Å². The van der Waals surface area contributed by atoms with Crippen LogP contribution in [0.5, 0.6) is 0 Å². The first kappa shape index (κ1) is 14.7. The molecule has 2 rings (SSSR count). The maximum atomic E-state index is 11.1. The third-order valence-electron chi connectivity index (χ3n) is 3.09. The number of carbonyl (C=O) groups is 1. The smallest absolute Gasteiger partial charge is 0.223 e. The van der Waals surface area contributed by atoms with Crippen molar-refractivity contribution in [3.8, 4) is 10.4 Å². The summed E-state index contributed by atoms with van der Waals surface area (Å²) in [5.74, 6) is -0.0895. The van der Waals surface area contributed by atoms with E-state index in [4.69, 9.17) is 0 Å². The molecule has 1 heterocycles. The lowest BCUT2D eigenvalue weighted by Crippen LogP contribution is -2.10. The Labute approximate surface area is 124 Å². The summed E-state index contributed by atoms with van der Waals surface area (Å²) in [6.07, 6.45) is 0. The van der Waals surface area contributed by atoms with E-state index in [1.54, 1.807) is 0 Å². The van der Waals surface area contributed by atoms with Crippen LogP contribution in [0, 0.1) is 6.92 Å². The lowest BCUT2D eigenvalue weighted by molar-refractivity contribution is -0.114. The number of amides is 1. The van der Waals surface area contributed by atoms with Crippen molar-refractivity contribution in [2.75, 3.05) is 5.32 Å². The fraction of sp³-hybridized carbons (Fsp3) is 0.375. The number of aromatic nitrogens is 1. The van der Waals surface area contributed by atoms with Crippen molar-refractivity contribution >= 4 is 22.4 Å². The molecule has 1 N–H and O–H groups in total. The molecule has 0 atom stereocenters. The molecule has 0 saturated heterocycles. The summed E-state index contributed by atoms with van der Waals surface area (Å²) in [6.45, 7) is 10.1. The van der Waals surface area contributed by atoms with Crippen LogP contribution in [0.15, 0.2) is 24.3 Å². The Balaban J connectivity index is 2.32. The fourth-order valence-corrected chi connectivity index (χ4v) is 3.01. The molecule has 0 radical (unpaired) electrons. The molecular weight excluding hydrogens is 268 g/mol. The first-order chi connectivity index (χ1) is 9.27. The van der Waals surface area contributed by atoms with E-state index in [1.165, 1.54) is 23.8 Å². The van der Waals surface area contributed by atoms with Crippen LogP contribution < -0.4 is 5.32 Å². The number of nitrogens with one attached hydrogen (secondary N) is 1. The van der Waals surface area contributed by atoms with Gasteiger partial charge in [0.1, 0.15) is 0 Å². The van der Waals surface area contributed by atoms with Gasteiger partial charge in [-0.05, 0) is 23.5 Å². The number of anilines is 1. The van der Waals surface area contributed by atoms with Gasteiger partial charge in [0.15, 0.2) is 5.13 Å². The van der Waals surface area contributed by atoms with Gasteiger partial charge in [0.25, 0.3) is 0 Å². The Morgan fingerprint density at radius 1 is 1.20 bits per heavy atom. The zero-order valence-electron chi connectivity index (χ0n) is 12.6. The zero-order valence-corrected chi connectivity index (χ0v) is 13.4. The predicted octanol–water partition coefficient (Wildman–Crippen LogP) is 4.37. The van der Waals surface area contributed by atoms with Crippen molar-refractivity contribution in [2.24, 2.45) is 0 Å². The second kappa shape index (κ2) is 5.37. The number of hydrogen-bond donors (Lipinski definition) is 1. The Hall–Kier alpha value is -1.68. The van der Waals surface area contributed by atoms with Crippen molar-refractivity contribution in [1.29, 1.82) is 0 Å². The molecular formula is C16H20N2OS. The van der Waals surface area contributed by atoms with Gasteiger partial charge in [0.05, 0.1) is 10.6 Å². The van der Waals surface area contributed by atoms with E-state index in [2.05, 4.69) is 55.3 Å². The molecule has 0 saturated carbocycles. The van der Waals surface area contributed by atoms with Crippen molar-refractivity contribution in [3.05, 3.63) is 35.5 Å². The lowest BCUT2D eigenvalue weighted by atomic mass is 9.86. The van der Waals surface area contributed by atoms with Crippen LogP contribution in [0.1, 0.15) is 39.0 Å². The van der Waals surface area contributed by atoms with Gasteiger partial charge in [0.2, 0.25) is 5.91 Å². The molecule has 0 aliphatic carbocycles. The number of thiazole rings is 1. The number of hydrogen-bond acceptors (Lipinski definition) is 3. The molecule has 0 fully saturated rings. The van der Waals surface area contributed by atoms with Crippen LogP contribution in [0.25, 0.3) is 10.4 Å². The molecule has 106 valence electrons. The molecule has 3 nitrogen and oxygen atoms in total. The number of benzene rings is 1. The molecule has 1 aromatic heterocycles. The molecule has 2 aromatic rings. The van der Waals surface area contributed by atoms with E-state index in [0.717, 1.165) is 16.1 Å². The Bertz CT molecular complexity index is 621. The van der Waals surface area contributed by atoms with Crippen LogP contribution in [0.4, 0.5) is 5.13 Å². The van der Waals surface area contributed by atoms with E-state index in [-0.39, 0.29) is 11.3 Å². The summed E-state index contributed by atoms with van der Waals surface area (Å²) in [4.78, 5) is 16.6. The van der Waals surface area contributed by atoms with Crippen LogP contribution in [0.3, 0.4) is 0 Å². The van der Waals surface area contributed by atoms with Crippen LogP contribution in [-0.2, 0) is 10.2 Å². The highest BCUT2D eigenvalue weighted by Crippen LogP contribution is 2.34. The molecule has 1 aromatic carbocycles. The molecule has 0 spiro atoms. The van der Waals surface area contributed by atoms with Crippen LogP contribution in [0.2, 0.25) is 0 Å². The highest BCUT2D eigenvalue weighted by molar-refractivity contribution is 7.19. The third kappa shape index (κ3) is 3.25. The minimum Gasteiger partial charge on any atom is -0.302 e. The minimum absolute atomic E-state index is 0.0895. The van der Waals surface area contributed by atoms with E-state index in [0.29, 0.717) is 5.13 Å². The summed E-state index contributed by atoms with van der Waals surface area (Å²) in [5.41, 5.74) is 3.56. The highest BCUT2D eigenvalue weighted by Gasteiger charge is 2.15. The molecule has 0 bridgehead atoms. The first-order valence-electron chi connectivity index (χ1n) is 6.63. The molecule has 0 aliphatic heterocycles. The summed E-state index contributed by atoms with van der Waals surface area (Å²) in [5, 5.41) is 3.40. The Morgan fingerprint density at radius 3 is 2.30 bits per heavy atom. The number of aryl methyl sites for hydroxylation is 1. The first-order valence-corrected chi connectivity index (χ1v) is 7.45. The molecule has 20 heavy (non-hydrogen) atoms. The third-order valence-corrected chi connectivity index (χ3v) is 4.21. The average Bonchev–Trinajstić information content (AvgIpc) is 2.68. The monoisotopic (exact) mass is 288 g/mol. The standard InChI is InChI=1S/C16H20N2OS/c1-10-14(20-15(17-10)18-11(2)19)12-6-8-13(9-7-12)16(3,4)5/h6-9H,1-5H3,(H,17,18,19). The summed E-state index contributed by atoms with van der Waals surface area (Å²) in [6, 6.07) is 8.57. The summed E-state index contributed by atoms with van der Waals surface area (Å²) >= 11 is 1.51. The number of rotatable bonds is 2. The molecule has 1 amide bonds. The molecule has 4 heteroatoms. The lowest BCUT2D eigenvalue weighted by Gasteiger charge is -2.19. The zero-order chi connectivity index (χ0) is 14.9. The largest absolute Gasteiger partial charge is 0.302 e. The van der Waals surface area contributed by atoms with Gasteiger partial charge in [-0.15, -0.1) is 0 Å². The van der Waals surface area contributed by atoms with Gasteiger partial charge in [0, 0.05) is 6.92 Å². The summed E-state index contributed by atoms with van der Waals surface area (Å²) in [7, 11) is 0. The Morgan fingerprint density at radius 2 is 1.80 bits per heavy atom. The van der Waals surface area contributed by atoms with Gasteiger partial charge in [-0.2, -0.15) is 0 Å². The van der Waals surface area contributed by atoms with Crippen LogP contribution in [-0.4, -0.2) is 10.9 Å². The predicted molar refractivity (Wildman–Crippen MR) is 85.3 cm³/mol. The van der Waals surface area contributed by atoms with E-state index >= 15 is 0 Å². The van der Waals surface area contributed by atoms with Gasteiger partial charge < -0.3 is 5.32 Å². The normalized spacial score (nSPS) is 11.4. The van der Waals surface area contributed by atoms with Crippen LogP contribution >= 0.6 is 11.3 Å². The topological polar surface area (TPSA) is 42.0 Å². The SMILES string of the molecule is CC(=O)Nc1nc(C)c(-c2ccc(C(C)(C)C)cc2)s1. The van der Waals surface area contributed by atoms with Crippen molar-refractivity contribution < 1.29 is 4.79 Å². The van der Waals surface area contributed by atoms with Crippen molar-refractivity contribution in [2.45, 2.75) is 40.0 Å². The summed E-state index contributed by atoms with van der Waals surface area (Å²) < 4.78 is 0. The van der Waals surface area contributed by atoms with E-state index < -0.39 is 0 Å². The quantitative estimate of drug-likeness (QED) is 0.891. The maximum Gasteiger partial charge on any atom is 0.223 e.